The Morgan fingerprint density at radius 1 is 0.333 bits per heavy atom. The second-order valence-electron chi connectivity index (χ2n) is 25.0. The molecule has 9 amide bonds. The predicted molar refractivity (Wildman–Crippen MR) is 392 cm³/mol. The first kappa shape index (κ1) is 68.9. The highest BCUT2D eigenvalue weighted by Gasteiger charge is 2.24. The van der Waals surface area contributed by atoms with E-state index >= 15 is 0 Å². The molecule has 0 spiro atoms. The van der Waals surface area contributed by atoms with Crippen molar-refractivity contribution in [2.45, 2.75) is 85.5 Å². The highest BCUT2D eigenvalue weighted by Crippen LogP contribution is 2.33. The molecule has 0 saturated heterocycles. The number of fused-ring (bicyclic) bond motifs is 3. The number of thiophene rings is 3. The third-order valence-electron chi connectivity index (χ3n) is 14.0. The molecule has 26 heteroatoms. The largest absolute Gasteiger partial charge is 0.359 e. The van der Waals surface area contributed by atoms with E-state index in [1.54, 1.807) is 91.0 Å². The molecule has 0 aliphatic heterocycles. The molecule has 0 aliphatic carbocycles. The summed E-state index contributed by atoms with van der Waals surface area (Å²) >= 11 is 11.2. The number of nitrogens with zero attached hydrogens (tertiary/aromatic N) is 3. The van der Waals surface area contributed by atoms with Crippen LogP contribution in [0.25, 0.3) is 30.3 Å². The molecular weight excluding hydrogens is 1410 g/mol. The van der Waals surface area contributed by atoms with Crippen molar-refractivity contribution in [2.75, 3.05) is 47.9 Å². The summed E-state index contributed by atoms with van der Waals surface area (Å²) in [6.45, 7) is 20.0. The van der Waals surface area contributed by atoms with E-state index in [2.05, 4.69) is 101 Å². The zero-order chi connectivity index (χ0) is 68.6. The van der Waals surface area contributed by atoms with Gasteiger partial charge in [-0.05, 0) is 157 Å². The minimum atomic E-state index is -0.438. The van der Waals surface area contributed by atoms with Crippen LogP contribution in [0.15, 0.2) is 186 Å². The number of rotatable bonds is 12. The van der Waals surface area contributed by atoms with E-state index in [1.807, 2.05) is 136 Å². The lowest BCUT2D eigenvalue weighted by atomic mass is 9.93. The van der Waals surface area contributed by atoms with Crippen LogP contribution in [-0.4, -0.2) is 51.3 Å². The Hall–Kier alpha value is -9.99. The van der Waals surface area contributed by atoms with E-state index in [0.717, 1.165) is 44.8 Å². The zero-order valence-corrected chi connectivity index (χ0v) is 59.2. The summed E-state index contributed by atoms with van der Waals surface area (Å²) in [6, 6.07) is 48.0. The van der Waals surface area contributed by atoms with Crippen LogP contribution in [0.5, 0.6) is 0 Å². The molecule has 492 valence electrons. The quantitative estimate of drug-likeness (QED) is 0.0552. The number of carbonyl (C=O) groups is 6. The van der Waals surface area contributed by atoms with E-state index < -0.39 is 18.1 Å². The van der Waals surface area contributed by atoms with E-state index in [-0.39, 0.29) is 34.0 Å². The van der Waals surface area contributed by atoms with Gasteiger partial charge in [0.25, 0.3) is 17.7 Å². The second kappa shape index (κ2) is 29.3. The number of nitrogens with one attached hydrogen (secondary N) is 9. The Bertz CT molecular complexity index is 4340. The summed E-state index contributed by atoms with van der Waals surface area (Å²) in [6.07, 6.45) is 0. The van der Waals surface area contributed by atoms with Gasteiger partial charge in [-0.3, -0.25) is 30.3 Å². The summed E-state index contributed by atoms with van der Waals surface area (Å²) in [5.74, 6) is 2.54. The van der Waals surface area contributed by atoms with Gasteiger partial charge in [0.2, 0.25) is 0 Å². The first-order chi connectivity index (χ1) is 45.5. The van der Waals surface area contributed by atoms with Gasteiger partial charge in [0.1, 0.15) is 17.3 Å². The average Bonchev–Trinajstić information content (AvgIpc) is 1.71. The summed E-state index contributed by atoms with van der Waals surface area (Å²) in [4.78, 5) is 76.4. The molecule has 9 N–H and O–H groups in total. The van der Waals surface area contributed by atoms with Gasteiger partial charge in [0.05, 0.1) is 14.6 Å². The molecular formula is C70H66Br2N12O9S3. The molecule has 0 aliphatic rings. The lowest BCUT2D eigenvalue weighted by Gasteiger charge is -2.12. The molecule has 12 aromatic rings. The van der Waals surface area contributed by atoms with Gasteiger partial charge in [0.15, 0.2) is 17.5 Å². The second-order valence-corrected chi connectivity index (χ2v) is 30.1. The fourth-order valence-corrected chi connectivity index (χ4v) is 12.5. The molecule has 0 atom stereocenters. The number of aryl methyl sites for hydroxylation is 1. The van der Waals surface area contributed by atoms with Crippen molar-refractivity contribution >= 4 is 184 Å². The first-order valence-electron chi connectivity index (χ1n) is 29.8. The fourth-order valence-electron chi connectivity index (χ4n) is 8.91. The molecule has 0 radical (unpaired) electrons. The third-order valence-corrected chi connectivity index (χ3v) is 18.3. The number of carbonyl (C=O) groups excluding carboxylic acids is 6. The van der Waals surface area contributed by atoms with Crippen LogP contribution in [-0.2, 0) is 16.2 Å². The highest BCUT2D eigenvalue weighted by atomic mass is 79.9. The molecule has 96 heavy (non-hydrogen) atoms. The van der Waals surface area contributed by atoms with Crippen LogP contribution in [0.1, 0.15) is 114 Å². The van der Waals surface area contributed by atoms with Gasteiger partial charge in [-0.25, -0.2) is 14.4 Å². The maximum atomic E-state index is 12.6. The van der Waals surface area contributed by atoms with Crippen LogP contribution < -0.4 is 47.9 Å². The fraction of sp³-hybridized carbons (Fsp3) is 0.186. The maximum absolute atomic E-state index is 12.6. The van der Waals surface area contributed by atoms with Crippen molar-refractivity contribution in [3.05, 3.63) is 210 Å². The first-order valence-corrected chi connectivity index (χ1v) is 33.8. The van der Waals surface area contributed by atoms with Gasteiger partial charge >= 0.3 is 18.1 Å². The molecule has 21 nitrogen and oxygen atoms in total. The van der Waals surface area contributed by atoms with Crippen molar-refractivity contribution in [3.8, 4) is 0 Å². The predicted octanol–water partition coefficient (Wildman–Crippen LogP) is 20.1. The molecule has 0 fully saturated rings. The monoisotopic (exact) mass is 1470 g/mol. The van der Waals surface area contributed by atoms with Crippen molar-refractivity contribution in [1.82, 2.24) is 15.5 Å². The molecule has 6 aromatic carbocycles. The van der Waals surface area contributed by atoms with Gasteiger partial charge in [0, 0.05) is 91.6 Å². The molecule has 6 aromatic heterocycles. The van der Waals surface area contributed by atoms with Gasteiger partial charge in [-0.15, -0.1) is 34.0 Å². The lowest BCUT2D eigenvalue weighted by molar-refractivity contribution is 0.102. The van der Waals surface area contributed by atoms with Gasteiger partial charge in [-0.1, -0.05) is 127 Å². The standard InChI is InChI=1S/C24H24N4O3S.2C23H21BrN4O3S/c1-14-5-10-18-15(11-14)12-19(32-18)22(29)25-16-6-8-17(9-7-16)26-23(30)27-21-13-20(31-28-21)24(2,3)4;2*1-23(2,3)19-12-20(28-31-19)27-22(30)26-16-7-5-15(6-8-16)25-21(29)18-11-13-10-14(24)4-9-17(13)32-18/h5-13H,1-4H3,(H,25,29)(H2,26,27,28,30);2*4-12H,1-3H3,(H,25,29)(H2,26,27,28,30). The summed E-state index contributed by atoms with van der Waals surface area (Å²) in [5.41, 5.74) is 4.20. The Morgan fingerprint density at radius 3 is 0.865 bits per heavy atom. The molecule has 0 saturated carbocycles. The van der Waals surface area contributed by atoms with Crippen LogP contribution in [0.3, 0.4) is 0 Å². The minimum absolute atomic E-state index is 0.164. The summed E-state index contributed by atoms with van der Waals surface area (Å²) in [5, 5.41) is 39.5. The van der Waals surface area contributed by atoms with E-state index in [1.165, 1.54) is 34.0 Å². The number of aromatic nitrogens is 3. The van der Waals surface area contributed by atoms with E-state index in [0.29, 0.717) is 83.5 Å². The number of amides is 9. The van der Waals surface area contributed by atoms with Crippen molar-refractivity contribution in [1.29, 1.82) is 0 Å². The summed E-state index contributed by atoms with van der Waals surface area (Å²) in [7, 11) is 0. The topological polar surface area (TPSA) is 289 Å². The van der Waals surface area contributed by atoms with E-state index in [9.17, 15) is 28.8 Å². The Morgan fingerprint density at radius 2 is 0.594 bits per heavy atom. The van der Waals surface area contributed by atoms with Crippen molar-refractivity contribution in [3.63, 3.8) is 0 Å². The lowest BCUT2D eigenvalue weighted by Crippen LogP contribution is -2.19. The zero-order valence-electron chi connectivity index (χ0n) is 53.6. The average molecular weight is 1480 g/mol. The maximum Gasteiger partial charge on any atom is 0.324 e. The Balaban J connectivity index is 0.000000157. The SMILES string of the molecule is CC(C)(C)c1cc(NC(=O)Nc2ccc(NC(=O)c3cc4cc(Br)ccc4s3)cc2)no1.CC(C)(C)c1cc(NC(=O)Nc2ccc(NC(=O)c3cc4cc(Br)ccc4s3)cc2)no1.Cc1ccc2sc(C(=O)Nc3ccc(NC(=O)Nc4cc(C(C)(C)C)on4)cc3)cc2c1. The normalized spacial score (nSPS) is 11.4. The van der Waals surface area contributed by atoms with E-state index in [4.69, 9.17) is 13.6 Å². The number of halogens is 2. The van der Waals surface area contributed by atoms with Crippen LogP contribution in [0.4, 0.5) is 66.0 Å². The van der Waals surface area contributed by atoms with Gasteiger partial charge in [-0.2, -0.15) is 0 Å². The molecule has 12 rings (SSSR count). The Kier molecular flexibility index (Phi) is 21.0. The summed E-state index contributed by atoms with van der Waals surface area (Å²) < 4.78 is 20.9. The minimum Gasteiger partial charge on any atom is -0.359 e. The number of anilines is 9. The van der Waals surface area contributed by atoms with Crippen LogP contribution in [0, 0.1) is 6.92 Å². The number of urea groups is 3. The van der Waals surface area contributed by atoms with Crippen molar-refractivity contribution < 1.29 is 42.3 Å². The van der Waals surface area contributed by atoms with Crippen LogP contribution in [0.2, 0.25) is 0 Å². The molecule has 0 unspecified atom stereocenters. The Labute approximate surface area is 580 Å². The number of hydrogen-bond donors (Lipinski definition) is 9. The van der Waals surface area contributed by atoms with Gasteiger partial charge < -0.3 is 45.5 Å². The van der Waals surface area contributed by atoms with Crippen molar-refractivity contribution in [2.24, 2.45) is 0 Å². The smallest absolute Gasteiger partial charge is 0.324 e. The number of hydrogen-bond acceptors (Lipinski definition) is 15. The molecule has 6 heterocycles. The van der Waals surface area contributed by atoms with Crippen LogP contribution >= 0.6 is 65.9 Å². The third kappa shape index (κ3) is 18.7. The number of benzene rings is 6. The highest BCUT2D eigenvalue weighted by molar-refractivity contribution is 9.10. The molecule has 0 bridgehead atoms.